The van der Waals surface area contributed by atoms with Crippen LogP contribution in [-0.4, -0.2) is 24.9 Å². The van der Waals surface area contributed by atoms with Crippen LogP contribution in [-0.2, 0) is 9.47 Å². The van der Waals surface area contributed by atoms with E-state index in [4.69, 9.17) is 9.47 Å². The molecule has 0 amide bonds. The van der Waals surface area contributed by atoms with Crippen LogP contribution in [0.4, 0.5) is 0 Å². The molecule has 1 radical (unpaired) electrons. The van der Waals surface area contributed by atoms with Crippen molar-refractivity contribution in [2.75, 3.05) is 6.61 Å². The van der Waals surface area contributed by atoms with Crippen LogP contribution in [0.2, 0.25) is 0 Å². The number of rotatable bonds is 2. The van der Waals surface area contributed by atoms with Gasteiger partial charge in [-0.1, -0.05) is 20.8 Å². The molecule has 1 saturated heterocycles. The lowest BCUT2D eigenvalue weighted by atomic mass is 9.88. The average molecular weight is 199 g/mol. The van der Waals surface area contributed by atoms with Gasteiger partial charge in [0.1, 0.15) is 0 Å². The third kappa shape index (κ3) is 3.97. The van der Waals surface area contributed by atoms with Gasteiger partial charge in [0.15, 0.2) is 0 Å². The molecule has 0 aromatic heterocycles. The lowest BCUT2D eigenvalue weighted by molar-refractivity contribution is -0.168. The van der Waals surface area contributed by atoms with Gasteiger partial charge >= 0.3 is 0 Å². The number of hydrogen-bond acceptors (Lipinski definition) is 2. The molecular formula is C12H23O2. The molecule has 2 heteroatoms. The van der Waals surface area contributed by atoms with Gasteiger partial charge in [-0.3, -0.25) is 0 Å². The SMILES string of the molecule is CC1COC(C)C(C[CH]C(C)(C)C)O1. The summed E-state index contributed by atoms with van der Waals surface area (Å²) in [7, 11) is 0. The molecule has 0 saturated carbocycles. The Morgan fingerprint density at radius 3 is 2.50 bits per heavy atom. The summed E-state index contributed by atoms with van der Waals surface area (Å²) in [5, 5.41) is 0. The highest BCUT2D eigenvalue weighted by molar-refractivity contribution is 4.86. The van der Waals surface area contributed by atoms with E-state index in [1.807, 2.05) is 0 Å². The quantitative estimate of drug-likeness (QED) is 0.681. The highest BCUT2D eigenvalue weighted by Crippen LogP contribution is 2.25. The lowest BCUT2D eigenvalue weighted by Crippen LogP contribution is -2.41. The summed E-state index contributed by atoms with van der Waals surface area (Å²) in [6.07, 6.45) is 4.00. The zero-order valence-electron chi connectivity index (χ0n) is 10.0. The summed E-state index contributed by atoms with van der Waals surface area (Å²) in [4.78, 5) is 0. The molecular weight excluding hydrogens is 176 g/mol. The van der Waals surface area contributed by atoms with Crippen molar-refractivity contribution in [1.29, 1.82) is 0 Å². The first kappa shape index (κ1) is 12.0. The fraction of sp³-hybridized carbons (Fsp3) is 0.917. The Balaban J connectivity index is 2.35. The first-order valence-electron chi connectivity index (χ1n) is 5.50. The van der Waals surface area contributed by atoms with E-state index in [0.717, 1.165) is 13.0 Å². The van der Waals surface area contributed by atoms with E-state index >= 15 is 0 Å². The van der Waals surface area contributed by atoms with Crippen LogP contribution in [0.25, 0.3) is 0 Å². The molecule has 14 heavy (non-hydrogen) atoms. The second-order valence-corrected chi connectivity index (χ2v) is 5.33. The van der Waals surface area contributed by atoms with Gasteiger partial charge in [-0.05, 0) is 32.1 Å². The third-order valence-electron chi connectivity index (χ3n) is 2.49. The highest BCUT2D eigenvalue weighted by atomic mass is 16.6. The Bertz CT molecular complexity index is 172. The minimum atomic E-state index is 0.227. The monoisotopic (exact) mass is 199 g/mol. The Morgan fingerprint density at radius 1 is 1.29 bits per heavy atom. The van der Waals surface area contributed by atoms with Crippen molar-refractivity contribution in [3.05, 3.63) is 6.42 Å². The first-order valence-corrected chi connectivity index (χ1v) is 5.50. The standard InChI is InChI=1S/C12H23O2/c1-9-8-13-10(2)11(14-9)6-7-12(3,4)5/h7,9-11H,6,8H2,1-5H3. The molecule has 0 spiro atoms. The van der Waals surface area contributed by atoms with E-state index in [1.165, 1.54) is 0 Å². The van der Waals surface area contributed by atoms with Crippen molar-refractivity contribution >= 4 is 0 Å². The molecule has 0 aliphatic carbocycles. The zero-order valence-corrected chi connectivity index (χ0v) is 10.0. The Labute approximate surface area is 88.0 Å². The molecule has 3 atom stereocenters. The maximum Gasteiger partial charge on any atom is 0.0841 e. The fourth-order valence-corrected chi connectivity index (χ4v) is 1.56. The summed E-state index contributed by atoms with van der Waals surface area (Å²) in [5.41, 5.74) is 0.268. The van der Waals surface area contributed by atoms with Crippen LogP contribution in [0.15, 0.2) is 0 Å². The first-order chi connectivity index (χ1) is 6.38. The number of hydrogen-bond donors (Lipinski definition) is 0. The minimum Gasteiger partial charge on any atom is -0.373 e. The van der Waals surface area contributed by atoms with Crippen molar-refractivity contribution in [3.63, 3.8) is 0 Å². The molecule has 0 aromatic rings. The molecule has 0 bridgehead atoms. The van der Waals surface area contributed by atoms with Gasteiger partial charge in [0.25, 0.3) is 0 Å². The van der Waals surface area contributed by atoms with Gasteiger partial charge in [0.2, 0.25) is 0 Å². The van der Waals surface area contributed by atoms with E-state index in [9.17, 15) is 0 Å². The van der Waals surface area contributed by atoms with E-state index in [-0.39, 0.29) is 23.7 Å². The largest absolute Gasteiger partial charge is 0.373 e. The normalized spacial score (nSPS) is 34.5. The molecule has 0 N–H and O–H groups in total. The van der Waals surface area contributed by atoms with Crippen LogP contribution in [0.1, 0.15) is 41.0 Å². The second-order valence-electron chi connectivity index (χ2n) is 5.33. The molecule has 2 nitrogen and oxygen atoms in total. The van der Waals surface area contributed by atoms with Crippen molar-refractivity contribution in [3.8, 4) is 0 Å². The molecule has 1 heterocycles. The molecule has 1 aliphatic rings. The maximum absolute atomic E-state index is 5.84. The minimum absolute atomic E-state index is 0.227. The molecule has 1 fully saturated rings. The van der Waals surface area contributed by atoms with E-state index in [2.05, 4.69) is 41.0 Å². The molecule has 3 unspecified atom stereocenters. The average Bonchev–Trinajstić information content (AvgIpc) is 2.05. The van der Waals surface area contributed by atoms with E-state index in [1.54, 1.807) is 0 Å². The summed E-state index contributed by atoms with van der Waals surface area (Å²) in [6, 6.07) is 0. The summed E-state index contributed by atoms with van der Waals surface area (Å²) in [6.45, 7) is 11.5. The summed E-state index contributed by atoms with van der Waals surface area (Å²) < 4.78 is 11.5. The smallest absolute Gasteiger partial charge is 0.0841 e. The van der Waals surface area contributed by atoms with E-state index < -0.39 is 0 Å². The second kappa shape index (κ2) is 4.63. The topological polar surface area (TPSA) is 18.5 Å². The molecule has 83 valence electrons. The van der Waals surface area contributed by atoms with Gasteiger partial charge in [-0.2, -0.15) is 0 Å². The van der Waals surface area contributed by atoms with Crippen molar-refractivity contribution in [1.82, 2.24) is 0 Å². The summed E-state index contributed by atoms with van der Waals surface area (Å²) in [5.74, 6) is 0. The Morgan fingerprint density at radius 2 is 1.93 bits per heavy atom. The van der Waals surface area contributed by atoms with Gasteiger partial charge in [0.05, 0.1) is 24.9 Å². The predicted molar refractivity (Wildman–Crippen MR) is 58.1 cm³/mol. The molecule has 0 aromatic carbocycles. The molecule has 1 aliphatic heterocycles. The fourth-order valence-electron chi connectivity index (χ4n) is 1.56. The van der Waals surface area contributed by atoms with Gasteiger partial charge in [0, 0.05) is 0 Å². The van der Waals surface area contributed by atoms with Crippen molar-refractivity contribution in [2.24, 2.45) is 5.41 Å². The maximum atomic E-state index is 5.84. The Hall–Kier alpha value is -0.0800. The Kier molecular flexibility index (Phi) is 3.96. The van der Waals surface area contributed by atoms with Crippen LogP contribution in [0.3, 0.4) is 0 Å². The van der Waals surface area contributed by atoms with Crippen LogP contribution < -0.4 is 0 Å². The van der Waals surface area contributed by atoms with Gasteiger partial charge < -0.3 is 9.47 Å². The van der Waals surface area contributed by atoms with Crippen molar-refractivity contribution < 1.29 is 9.47 Å². The zero-order chi connectivity index (χ0) is 10.8. The predicted octanol–water partition coefficient (Wildman–Crippen LogP) is 2.82. The van der Waals surface area contributed by atoms with Crippen LogP contribution >= 0.6 is 0 Å². The summed E-state index contributed by atoms with van der Waals surface area (Å²) >= 11 is 0. The van der Waals surface area contributed by atoms with Crippen LogP contribution in [0, 0.1) is 11.8 Å². The van der Waals surface area contributed by atoms with Gasteiger partial charge in [-0.15, -0.1) is 0 Å². The lowest BCUT2D eigenvalue weighted by Gasteiger charge is -2.34. The highest BCUT2D eigenvalue weighted by Gasteiger charge is 2.27. The van der Waals surface area contributed by atoms with Crippen molar-refractivity contribution in [2.45, 2.75) is 59.4 Å². The van der Waals surface area contributed by atoms with Crippen LogP contribution in [0.5, 0.6) is 0 Å². The number of ether oxygens (including phenoxy) is 2. The van der Waals surface area contributed by atoms with Gasteiger partial charge in [-0.25, -0.2) is 0 Å². The van der Waals surface area contributed by atoms with E-state index in [0.29, 0.717) is 0 Å². The third-order valence-corrected chi connectivity index (χ3v) is 2.49. The molecule has 1 rings (SSSR count).